The molecule has 0 saturated heterocycles. The van der Waals surface area contributed by atoms with Crippen molar-refractivity contribution >= 4 is 37.7 Å². The van der Waals surface area contributed by atoms with Crippen molar-refractivity contribution in [1.29, 1.82) is 0 Å². The van der Waals surface area contributed by atoms with Crippen LogP contribution in [0.5, 0.6) is 0 Å². The second kappa shape index (κ2) is 24.1. The van der Waals surface area contributed by atoms with Gasteiger partial charge in [-0.3, -0.25) is 0 Å². The van der Waals surface area contributed by atoms with Gasteiger partial charge in [-0.05, 0) is 6.92 Å². The van der Waals surface area contributed by atoms with E-state index in [1.165, 1.54) is 6.92 Å². The van der Waals surface area contributed by atoms with Gasteiger partial charge in [-0.25, -0.2) is 0 Å². The Morgan fingerprint density at radius 3 is 1.07 bits per heavy atom. The fourth-order valence-electron chi connectivity index (χ4n) is 0.0577. The fourth-order valence-corrected chi connectivity index (χ4v) is 0.0577. The van der Waals surface area contributed by atoms with Crippen molar-refractivity contribution in [3.63, 3.8) is 0 Å². The third-order valence-corrected chi connectivity index (χ3v) is 0.686. The van der Waals surface area contributed by atoms with Crippen molar-refractivity contribution in [2.45, 2.75) is 19.1 Å². The largest absolute Gasteiger partial charge is 2.00 e. The first-order valence-corrected chi connectivity index (χ1v) is 3.27. The molecular weight excluding hydrogens is 263 g/mol. The van der Waals surface area contributed by atoms with Gasteiger partial charge >= 0.3 is 37.7 Å². The molecule has 14 heavy (non-hydrogen) atoms. The average molecular weight is 279 g/mol. The topological polar surface area (TPSA) is 101 Å². The molecule has 1 atom stereocenters. The molecule has 0 saturated carbocycles. The molecule has 0 aromatic rings. The van der Waals surface area contributed by atoms with E-state index in [0.717, 1.165) is 0 Å². The second-order valence-electron chi connectivity index (χ2n) is 2.05. The van der Waals surface area contributed by atoms with Crippen molar-refractivity contribution in [3.05, 3.63) is 0 Å². The van der Waals surface area contributed by atoms with Gasteiger partial charge in [0, 0.05) is 0 Å². The van der Waals surface area contributed by atoms with Gasteiger partial charge in [0.15, 0.2) is 0 Å². The zero-order valence-corrected chi connectivity index (χ0v) is 11.7. The van der Waals surface area contributed by atoms with Crippen molar-refractivity contribution in [1.82, 2.24) is 0 Å². The van der Waals surface area contributed by atoms with Crippen LogP contribution < -0.4 is 24.8 Å². The molecule has 0 heterocycles. The Morgan fingerprint density at radius 1 is 0.857 bits per heavy atom. The summed E-state index contributed by atoms with van der Waals surface area (Å²) in [5.74, 6) is 0. The molecule has 0 aliphatic heterocycles. The normalized spacial score (nSPS) is 9.64. The van der Waals surface area contributed by atoms with Crippen LogP contribution >= 0.6 is 0 Å². The van der Waals surface area contributed by atoms with E-state index in [4.69, 9.17) is 25.5 Å². The fraction of sp³-hybridized carbons (Fsp3) is 1.00. The van der Waals surface area contributed by atoms with Gasteiger partial charge in [-0.2, -0.15) is 0 Å². The van der Waals surface area contributed by atoms with E-state index in [2.05, 4.69) is 0 Å². The van der Waals surface area contributed by atoms with Crippen LogP contribution in [0, 0.1) is 0 Å². The molecule has 0 spiro atoms. The molecule has 8 heteroatoms. The Bertz CT molecular complexity index is 75.2. The van der Waals surface area contributed by atoms with E-state index in [1.807, 2.05) is 0 Å². The summed E-state index contributed by atoms with van der Waals surface area (Å²) < 4.78 is 0. The van der Waals surface area contributed by atoms with Gasteiger partial charge in [0.1, 0.15) is 6.10 Å². The van der Waals surface area contributed by atoms with Crippen molar-refractivity contribution < 1.29 is 50.3 Å². The van der Waals surface area contributed by atoms with Crippen LogP contribution in [0.4, 0.5) is 0 Å². The van der Waals surface area contributed by atoms with E-state index in [9.17, 15) is 0 Å². The smallest absolute Gasteiger partial charge is 1.00 e. The van der Waals surface area contributed by atoms with Gasteiger partial charge < -0.3 is 50.3 Å². The van der Waals surface area contributed by atoms with Crippen molar-refractivity contribution in [2.75, 3.05) is 19.8 Å². The molecule has 0 radical (unpaired) electrons. The molecular formula is C6H16CaCl2O5. The minimum absolute atomic E-state index is 0. The Kier molecular flexibility index (Phi) is 50.9. The molecule has 0 bridgehead atoms. The van der Waals surface area contributed by atoms with Gasteiger partial charge in [0.05, 0.1) is 25.9 Å². The molecule has 0 rings (SSSR count). The predicted octanol–water partition coefficient (Wildman–Crippen LogP) is -8.68. The maximum absolute atomic E-state index is 8.17. The van der Waals surface area contributed by atoms with Crippen LogP contribution in [0.15, 0.2) is 0 Å². The van der Waals surface area contributed by atoms with E-state index in [-0.39, 0.29) is 82.4 Å². The molecule has 0 fully saturated rings. The van der Waals surface area contributed by atoms with Gasteiger partial charge in [0.25, 0.3) is 0 Å². The summed E-state index contributed by atoms with van der Waals surface area (Å²) in [6.07, 6.45) is -1.51. The average Bonchev–Trinajstić information content (AvgIpc) is 2.04. The number of hydrogen-bond acceptors (Lipinski definition) is 5. The van der Waals surface area contributed by atoms with Crippen LogP contribution in [0.25, 0.3) is 0 Å². The molecule has 86 valence electrons. The van der Waals surface area contributed by atoms with E-state index in [0.29, 0.717) is 0 Å². The number of aliphatic hydroxyl groups excluding tert-OH is 5. The summed E-state index contributed by atoms with van der Waals surface area (Å²) in [6, 6.07) is 0. The van der Waals surface area contributed by atoms with Crippen LogP contribution in [0.1, 0.15) is 6.92 Å². The first kappa shape index (κ1) is 29.6. The van der Waals surface area contributed by atoms with Crippen LogP contribution in [-0.4, -0.2) is 95.3 Å². The summed E-state index contributed by atoms with van der Waals surface area (Å²) >= 11 is 0. The number of hydrogen-bond donors (Lipinski definition) is 5. The summed E-state index contributed by atoms with van der Waals surface area (Å²) in [5, 5.41) is 40.0. The minimum Gasteiger partial charge on any atom is -1.00 e. The van der Waals surface area contributed by atoms with Gasteiger partial charge in [-0.1, -0.05) is 0 Å². The standard InChI is InChI=1S/C3H8O3.C3H8O2.Ca.2ClH/c4-1-3(6)2-5;1-3(5)2-4;;;/h3-6H,1-2H2;3-5H,2H2,1H3;;2*1H/q;;+2;;/p-2. The Balaban J connectivity index is -0.0000000321. The molecule has 0 aromatic carbocycles. The minimum atomic E-state index is -0.954. The molecule has 5 nitrogen and oxygen atoms in total. The number of halogens is 2. The second-order valence-corrected chi connectivity index (χ2v) is 2.05. The Morgan fingerprint density at radius 2 is 1.07 bits per heavy atom. The van der Waals surface area contributed by atoms with E-state index in [1.54, 1.807) is 0 Å². The number of aliphatic hydroxyl groups is 5. The molecule has 0 amide bonds. The Hall–Kier alpha value is 1.64. The van der Waals surface area contributed by atoms with Crippen molar-refractivity contribution in [3.8, 4) is 0 Å². The zero-order chi connectivity index (χ0) is 9.28. The Labute approximate surface area is 126 Å². The summed E-state index contributed by atoms with van der Waals surface area (Å²) in [6.45, 7) is 0.660. The van der Waals surface area contributed by atoms with Crippen molar-refractivity contribution in [2.24, 2.45) is 0 Å². The first-order valence-electron chi connectivity index (χ1n) is 3.27. The van der Waals surface area contributed by atoms with Crippen LogP contribution in [-0.2, 0) is 0 Å². The van der Waals surface area contributed by atoms with Crippen LogP contribution in [0.3, 0.4) is 0 Å². The first-order chi connectivity index (χ1) is 5.08. The van der Waals surface area contributed by atoms with E-state index < -0.39 is 12.2 Å². The zero-order valence-electron chi connectivity index (χ0n) is 7.98. The maximum Gasteiger partial charge on any atom is 2.00 e. The predicted molar refractivity (Wildman–Crippen MR) is 44.7 cm³/mol. The molecule has 0 aromatic heterocycles. The van der Waals surface area contributed by atoms with Gasteiger partial charge in [-0.15, -0.1) is 0 Å². The molecule has 0 aliphatic rings. The SMILES string of the molecule is CC(O)CO.OCC(O)CO.[Ca+2].[Cl-].[Cl-]. The van der Waals surface area contributed by atoms with Crippen LogP contribution in [0.2, 0.25) is 0 Å². The number of rotatable bonds is 3. The maximum atomic E-state index is 8.17. The monoisotopic (exact) mass is 278 g/mol. The summed E-state index contributed by atoms with van der Waals surface area (Å²) in [4.78, 5) is 0. The molecule has 1 unspecified atom stereocenters. The van der Waals surface area contributed by atoms with E-state index >= 15 is 0 Å². The van der Waals surface area contributed by atoms with Gasteiger partial charge in [0.2, 0.25) is 0 Å². The summed E-state index contributed by atoms with van der Waals surface area (Å²) in [5.41, 5.74) is 0. The molecule has 0 aliphatic carbocycles. The molecule has 5 N–H and O–H groups in total. The third-order valence-electron chi connectivity index (χ3n) is 0.686. The third kappa shape index (κ3) is 37.3. The summed E-state index contributed by atoms with van der Waals surface area (Å²) in [7, 11) is 0. The quantitative estimate of drug-likeness (QED) is 0.330.